The first kappa shape index (κ1) is 17.6. The van der Waals surface area contributed by atoms with Crippen molar-refractivity contribution in [2.24, 2.45) is 0 Å². The smallest absolute Gasteiger partial charge is 0.264 e. The number of hydrogen-bond acceptors (Lipinski definition) is 5. The number of aryl methyl sites for hydroxylation is 1. The molecule has 0 unspecified atom stereocenters. The number of methoxy groups -OCH3 is 2. The van der Waals surface area contributed by atoms with E-state index in [0.29, 0.717) is 23.6 Å². The van der Waals surface area contributed by atoms with Crippen LogP contribution in [0, 0.1) is 11.3 Å². The van der Waals surface area contributed by atoms with E-state index in [1.807, 2.05) is 24.3 Å². The Balaban J connectivity index is 1.73. The minimum atomic E-state index is -0.123. The van der Waals surface area contributed by atoms with E-state index in [9.17, 15) is 4.79 Å². The number of benzene rings is 2. The minimum Gasteiger partial charge on any atom is -0.497 e. The van der Waals surface area contributed by atoms with Crippen molar-refractivity contribution < 1.29 is 19.0 Å². The zero-order valence-electron chi connectivity index (χ0n) is 14.8. The Hall–Kier alpha value is -3.20. The second kappa shape index (κ2) is 7.79. The van der Waals surface area contributed by atoms with Crippen LogP contribution in [0.15, 0.2) is 36.4 Å². The van der Waals surface area contributed by atoms with E-state index in [1.165, 1.54) is 7.11 Å². The zero-order chi connectivity index (χ0) is 18.5. The van der Waals surface area contributed by atoms with Gasteiger partial charge in [0, 0.05) is 18.3 Å². The number of amides is 1. The van der Waals surface area contributed by atoms with Crippen molar-refractivity contribution in [2.75, 3.05) is 32.3 Å². The fourth-order valence-electron chi connectivity index (χ4n) is 3.03. The number of fused-ring (bicyclic) bond motifs is 1. The van der Waals surface area contributed by atoms with Crippen LogP contribution in [0.1, 0.15) is 17.5 Å². The summed E-state index contributed by atoms with van der Waals surface area (Å²) in [7, 11) is 3.13. The van der Waals surface area contributed by atoms with Crippen LogP contribution in [0.25, 0.3) is 0 Å². The number of nitrogens with zero attached hydrogens (tertiary/aromatic N) is 2. The first-order valence-electron chi connectivity index (χ1n) is 8.34. The van der Waals surface area contributed by atoms with Gasteiger partial charge in [0.25, 0.3) is 5.91 Å². The molecule has 0 aromatic heterocycles. The monoisotopic (exact) mass is 352 g/mol. The van der Waals surface area contributed by atoms with Gasteiger partial charge in [-0.1, -0.05) is 0 Å². The number of carbonyl (C=O) groups excluding carboxylic acids is 1. The van der Waals surface area contributed by atoms with Gasteiger partial charge >= 0.3 is 0 Å². The molecule has 2 aromatic rings. The molecule has 6 nitrogen and oxygen atoms in total. The standard InChI is InChI=1S/C20H20N2O4/c1-24-16-6-7-17-15(11-16)4-3-9-22(17)20(23)13-26-18-8-5-14(12-21)10-19(18)25-2/h5-8,10-11H,3-4,9,13H2,1-2H3. The summed E-state index contributed by atoms with van der Waals surface area (Å²) >= 11 is 0. The maximum atomic E-state index is 12.7. The van der Waals surface area contributed by atoms with Crippen LogP contribution >= 0.6 is 0 Å². The summed E-state index contributed by atoms with van der Waals surface area (Å²) < 4.78 is 16.1. The van der Waals surface area contributed by atoms with Crippen LogP contribution in [0.4, 0.5) is 5.69 Å². The van der Waals surface area contributed by atoms with Gasteiger partial charge in [0.2, 0.25) is 0 Å². The van der Waals surface area contributed by atoms with Crippen molar-refractivity contribution in [3.63, 3.8) is 0 Å². The van der Waals surface area contributed by atoms with Gasteiger partial charge in [-0.15, -0.1) is 0 Å². The first-order chi connectivity index (χ1) is 12.7. The van der Waals surface area contributed by atoms with Gasteiger partial charge in [-0.3, -0.25) is 4.79 Å². The summed E-state index contributed by atoms with van der Waals surface area (Å²) in [4.78, 5) is 14.4. The molecule has 0 spiro atoms. The van der Waals surface area contributed by atoms with E-state index >= 15 is 0 Å². The third kappa shape index (κ3) is 3.57. The molecule has 0 N–H and O–H groups in total. The molecule has 0 saturated heterocycles. The lowest BCUT2D eigenvalue weighted by Crippen LogP contribution is -2.38. The Bertz CT molecular complexity index is 857. The highest BCUT2D eigenvalue weighted by molar-refractivity contribution is 5.95. The molecule has 2 aromatic carbocycles. The molecule has 0 bridgehead atoms. The normalized spacial score (nSPS) is 12.7. The van der Waals surface area contributed by atoms with Crippen molar-refractivity contribution in [3.8, 4) is 23.3 Å². The van der Waals surface area contributed by atoms with Crippen LogP contribution in [-0.2, 0) is 11.2 Å². The van der Waals surface area contributed by atoms with Crippen molar-refractivity contribution in [3.05, 3.63) is 47.5 Å². The molecule has 0 aliphatic carbocycles. The molecule has 134 valence electrons. The van der Waals surface area contributed by atoms with Gasteiger partial charge < -0.3 is 19.1 Å². The van der Waals surface area contributed by atoms with Gasteiger partial charge in [0.15, 0.2) is 18.1 Å². The van der Waals surface area contributed by atoms with Crippen LogP contribution in [-0.4, -0.2) is 33.3 Å². The lowest BCUT2D eigenvalue weighted by atomic mass is 10.0. The molecule has 0 radical (unpaired) electrons. The Labute approximate surface area is 152 Å². The van der Waals surface area contributed by atoms with Gasteiger partial charge in [-0.05, 0) is 48.7 Å². The molecule has 1 heterocycles. The molecule has 26 heavy (non-hydrogen) atoms. The summed E-state index contributed by atoms with van der Waals surface area (Å²) in [6, 6.07) is 12.6. The van der Waals surface area contributed by atoms with Gasteiger partial charge in [0.05, 0.1) is 25.9 Å². The van der Waals surface area contributed by atoms with Crippen molar-refractivity contribution in [1.29, 1.82) is 5.26 Å². The predicted molar refractivity (Wildman–Crippen MR) is 96.9 cm³/mol. The Morgan fingerprint density at radius 1 is 1.15 bits per heavy atom. The van der Waals surface area contributed by atoms with Gasteiger partial charge in [-0.2, -0.15) is 5.26 Å². The third-order valence-electron chi connectivity index (χ3n) is 4.35. The van der Waals surface area contributed by atoms with E-state index in [4.69, 9.17) is 19.5 Å². The van der Waals surface area contributed by atoms with E-state index in [-0.39, 0.29) is 12.5 Å². The highest BCUT2D eigenvalue weighted by Gasteiger charge is 2.23. The van der Waals surface area contributed by atoms with Crippen molar-refractivity contribution in [1.82, 2.24) is 0 Å². The molecule has 0 atom stereocenters. The second-order valence-corrected chi connectivity index (χ2v) is 5.91. The average Bonchev–Trinajstić information content (AvgIpc) is 2.70. The number of anilines is 1. The number of carbonyl (C=O) groups is 1. The molecule has 1 aliphatic rings. The van der Waals surface area contributed by atoms with Crippen molar-refractivity contribution >= 4 is 11.6 Å². The topological polar surface area (TPSA) is 71.8 Å². The lowest BCUT2D eigenvalue weighted by Gasteiger charge is -2.29. The van der Waals surface area contributed by atoms with Crippen LogP contribution in [0.5, 0.6) is 17.2 Å². The molecule has 0 fully saturated rings. The Morgan fingerprint density at radius 3 is 2.73 bits per heavy atom. The molecule has 0 saturated carbocycles. The summed E-state index contributed by atoms with van der Waals surface area (Å²) in [5, 5.41) is 8.95. The summed E-state index contributed by atoms with van der Waals surface area (Å²) in [6.45, 7) is 0.555. The molecular weight excluding hydrogens is 332 g/mol. The number of rotatable bonds is 5. The molecule has 3 rings (SSSR count). The summed E-state index contributed by atoms with van der Waals surface area (Å²) in [5.74, 6) is 1.53. The molecule has 6 heteroatoms. The van der Waals surface area contributed by atoms with E-state index in [0.717, 1.165) is 29.8 Å². The fourth-order valence-corrected chi connectivity index (χ4v) is 3.03. The molecular formula is C20H20N2O4. The first-order valence-corrected chi connectivity index (χ1v) is 8.34. The molecule has 1 aliphatic heterocycles. The largest absolute Gasteiger partial charge is 0.497 e. The van der Waals surface area contributed by atoms with E-state index in [1.54, 1.807) is 30.2 Å². The highest BCUT2D eigenvalue weighted by Crippen LogP contribution is 2.31. The predicted octanol–water partition coefficient (Wildman–Crippen LogP) is 2.93. The maximum Gasteiger partial charge on any atom is 0.264 e. The highest BCUT2D eigenvalue weighted by atomic mass is 16.5. The van der Waals surface area contributed by atoms with E-state index in [2.05, 4.69) is 0 Å². The number of ether oxygens (including phenoxy) is 3. The lowest BCUT2D eigenvalue weighted by molar-refractivity contribution is -0.120. The molecule has 1 amide bonds. The minimum absolute atomic E-state index is 0.103. The Kier molecular flexibility index (Phi) is 5.28. The zero-order valence-corrected chi connectivity index (χ0v) is 14.8. The van der Waals surface area contributed by atoms with Crippen LogP contribution in [0.2, 0.25) is 0 Å². The van der Waals surface area contributed by atoms with Crippen LogP contribution in [0.3, 0.4) is 0 Å². The Morgan fingerprint density at radius 2 is 2.00 bits per heavy atom. The quantitative estimate of drug-likeness (QED) is 0.827. The second-order valence-electron chi connectivity index (χ2n) is 5.91. The summed E-state index contributed by atoms with van der Waals surface area (Å²) in [5.41, 5.74) is 2.47. The average molecular weight is 352 g/mol. The van der Waals surface area contributed by atoms with Gasteiger partial charge in [-0.25, -0.2) is 0 Å². The number of hydrogen-bond donors (Lipinski definition) is 0. The fraction of sp³-hybridized carbons (Fsp3) is 0.300. The summed E-state index contributed by atoms with van der Waals surface area (Å²) in [6.07, 6.45) is 1.81. The van der Waals surface area contributed by atoms with E-state index < -0.39 is 0 Å². The number of nitriles is 1. The van der Waals surface area contributed by atoms with Gasteiger partial charge in [0.1, 0.15) is 5.75 Å². The third-order valence-corrected chi connectivity index (χ3v) is 4.35. The van der Waals surface area contributed by atoms with Crippen molar-refractivity contribution in [2.45, 2.75) is 12.8 Å². The maximum absolute atomic E-state index is 12.7. The SMILES string of the molecule is COc1ccc2c(c1)CCCN2C(=O)COc1ccc(C#N)cc1OC. The van der Waals surface area contributed by atoms with Crippen LogP contribution < -0.4 is 19.1 Å².